The highest BCUT2D eigenvalue weighted by atomic mass is 16.3. The van der Waals surface area contributed by atoms with E-state index in [0.717, 1.165) is 0 Å². The Balaban J connectivity index is 3.07. The predicted octanol–water partition coefficient (Wildman–Crippen LogP) is -0.356. The maximum atomic E-state index is 10.9. The molecule has 1 aromatic rings. The quantitative estimate of drug-likeness (QED) is 0.592. The Bertz CT molecular complexity index is 360. The van der Waals surface area contributed by atoms with E-state index in [0.29, 0.717) is 0 Å². The Kier molecular flexibility index (Phi) is 2.02. The van der Waals surface area contributed by atoms with Crippen molar-refractivity contribution in [3.63, 3.8) is 0 Å². The molecule has 0 radical (unpaired) electrons. The molecule has 1 atom stereocenters. The fourth-order valence-corrected chi connectivity index (χ4v) is 1.04. The summed E-state index contributed by atoms with van der Waals surface area (Å²) in [6.07, 6.45) is 0. The SMILES string of the molecule is CC(C)C(N)c1c(O)c(=O)c1=O. The summed E-state index contributed by atoms with van der Waals surface area (Å²) in [6, 6.07) is -0.532. The first-order chi connectivity index (χ1) is 5.46. The number of hydrogen-bond acceptors (Lipinski definition) is 4. The van der Waals surface area contributed by atoms with E-state index in [1.807, 2.05) is 13.8 Å². The van der Waals surface area contributed by atoms with Gasteiger partial charge in [-0.3, -0.25) is 9.59 Å². The summed E-state index contributed by atoms with van der Waals surface area (Å²) in [5, 5.41) is 9.00. The van der Waals surface area contributed by atoms with Gasteiger partial charge in [0.25, 0.3) is 5.43 Å². The first-order valence-corrected chi connectivity index (χ1v) is 3.74. The molecule has 0 saturated carbocycles. The Hall–Kier alpha value is -1.16. The van der Waals surface area contributed by atoms with Crippen molar-refractivity contribution in [2.45, 2.75) is 19.9 Å². The van der Waals surface area contributed by atoms with Crippen LogP contribution in [0, 0.1) is 5.92 Å². The molecule has 1 rings (SSSR count). The Labute approximate surface area is 69.3 Å². The fraction of sp³-hybridized carbons (Fsp3) is 0.500. The lowest BCUT2D eigenvalue weighted by atomic mass is 9.93. The van der Waals surface area contributed by atoms with Gasteiger partial charge in [0.15, 0.2) is 5.75 Å². The van der Waals surface area contributed by atoms with Gasteiger partial charge in [-0.15, -0.1) is 0 Å². The highest BCUT2D eigenvalue weighted by Gasteiger charge is 2.26. The minimum Gasteiger partial charge on any atom is -0.504 e. The second-order valence-corrected chi connectivity index (χ2v) is 3.19. The van der Waals surface area contributed by atoms with E-state index in [-0.39, 0.29) is 11.5 Å². The Morgan fingerprint density at radius 2 is 1.75 bits per heavy atom. The smallest absolute Gasteiger partial charge is 0.268 e. The van der Waals surface area contributed by atoms with E-state index >= 15 is 0 Å². The van der Waals surface area contributed by atoms with E-state index in [9.17, 15) is 9.59 Å². The monoisotopic (exact) mass is 169 g/mol. The third kappa shape index (κ3) is 1.04. The molecule has 0 aliphatic rings. The van der Waals surface area contributed by atoms with Crippen LogP contribution in [-0.2, 0) is 0 Å². The molecule has 3 N–H and O–H groups in total. The van der Waals surface area contributed by atoms with Gasteiger partial charge < -0.3 is 10.8 Å². The number of rotatable bonds is 2. The summed E-state index contributed by atoms with van der Waals surface area (Å²) in [4.78, 5) is 21.5. The zero-order valence-corrected chi connectivity index (χ0v) is 7.00. The van der Waals surface area contributed by atoms with E-state index in [4.69, 9.17) is 10.8 Å². The predicted molar refractivity (Wildman–Crippen MR) is 44.8 cm³/mol. The van der Waals surface area contributed by atoms with Crippen LogP contribution in [0.3, 0.4) is 0 Å². The number of aromatic hydroxyl groups is 1. The molecule has 0 aliphatic carbocycles. The van der Waals surface area contributed by atoms with Crippen molar-refractivity contribution in [3.8, 4) is 5.75 Å². The third-order valence-electron chi connectivity index (χ3n) is 1.97. The van der Waals surface area contributed by atoms with E-state index in [1.165, 1.54) is 0 Å². The van der Waals surface area contributed by atoms with Crippen LogP contribution in [0.2, 0.25) is 0 Å². The van der Waals surface area contributed by atoms with Gasteiger partial charge in [0, 0.05) is 6.04 Å². The average Bonchev–Trinajstić information content (AvgIpc) is 2.03. The molecule has 12 heavy (non-hydrogen) atoms. The zero-order chi connectivity index (χ0) is 9.46. The molecule has 0 aliphatic heterocycles. The van der Waals surface area contributed by atoms with Gasteiger partial charge in [-0.2, -0.15) is 0 Å². The third-order valence-corrected chi connectivity index (χ3v) is 1.97. The van der Waals surface area contributed by atoms with Crippen molar-refractivity contribution in [2.75, 3.05) is 0 Å². The summed E-state index contributed by atoms with van der Waals surface area (Å²) in [6.45, 7) is 3.64. The first-order valence-electron chi connectivity index (χ1n) is 3.74. The number of nitrogens with two attached hydrogens (primary N) is 1. The normalized spacial score (nSPS) is 14.0. The highest BCUT2D eigenvalue weighted by Crippen LogP contribution is 2.22. The van der Waals surface area contributed by atoms with Crippen molar-refractivity contribution < 1.29 is 5.11 Å². The second kappa shape index (κ2) is 2.71. The lowest BCUT2D eigenvalue weighted by Gasteiger charge is -2.17. The van der Waals surface area contributed by atoms with Crippen molar-refractivity contribution >= 4 is 0 Å². The summed E-state index contributed by atoms with van der Waals surface area (Å²) < 4.78 is 0. The minimum absolute atomic E-state index is 0.0409. The molecule has 4 heteroatoms. The topological polar surface area (TPSA) is 80.4 Å². The zero-order valence-electron chi connectivity index (χ0n) is 7.00. The highest BCUT2D eigenvalue weighted by molar-refractivity contribution is 5.40. The van der Waals surface area contributed by atoms with Crippen molar-refractivity contribution in [1.29, 1.82) is 0 Å². The van der Waals surface area contributed by atoms with Crippen LogP contribution in [0.15, 0.2) is 9.59 Å². The van der Waals surface area contributed by atoms with Gasteiger partial charge in [-0.25, -0.2) is 0 Å². The van der Waals surface area contributed by atoms with Crippen molar-refractivity contribution in [1.82, 2.24) is 0 Å². The summed E-state index contributed by atoms with van der Waals surface area (Å²) >= 11 is 0. The van der Waals surface area contributed by atoms with Gasteiger partial charge in [0.05, 0.1) is 5.56 Å². The van der Waals surface area contributed by atoms with Crippen molar-refractivity contribution in [3.05, 3.63) is 26.0 Å². The largest absolute Gasteiger partial charge is 0.504 e. The van der Waals surface area contributed by atoms with Crippen LogP contribution < -0.4 is 16.6 Å². The average molecular weight is 169 g/mol. The summed E-state index contributed by atoms with van der Waals surface area (Å²) in [5.74, 6) is -0.416. The van der Waals surface area contributed by atoms with E-state index < -0.39 is 22.6 Å². The van der Waals surface area contributed by atoms with Gasteiger partial charge in [0.1, 0.15) is 0 Å². The van der Waals surface area contributed by atoms with Crippen LogP contribution in [0.5, 0.6) is 5.75 Å². The van der Waals surface area contributed by atoms with Gasteiger partial charge in [-0.05, 0) is 5.92 Å². The van der Waals surface area contributed by atoms with E-state index in [2.05, 4.69) is 0 Å². The molecule has 1 unspecified atom stereocenters. The van der Waals surface area contributed by atoms with Crippen LogP contribution in [0.4, 0.5) is 0 Å². The standard InChI is InChI=1S/C8H11NO3/c1-3(2)5(9)4-6(10)8(12)7(4)11/h3,5,10H,9H2,1-2H3. The molecule has 0 saturated heterocycles. The fourth-order valence-electron chi connectivity index (χ4n) is 1.04. The molecular formula is C8H11NO3. The molecule has 4 nitrogen and oxygen atoms in total. The first kappa shape index (κ1) is 8.93. The van der Waals surface area contributed by atoms with Crippen molar-refractivity contribution in [2.24, 2.45) is 11.7 Å². The molecule has 0 aromatic heterocycles. The van der Waals surface area contributed by atoms with Crippen LogP contribution in [0.25, 0.3) is 0 Å². The van der Waals surface area contributed by atoms with Gasteiger partial charge in [-0.1, -0.05) is 13.8 Å². The number of hydrogen-bond donors (Lipinski definition) is 2. The Morgan fingerprint density at radius 1 is 1.25 bits per heavy atom. The maximum Gasteiger partial charge on any atom is 0.268 e. The Morgan fingerprint density at radius 3 is 2.08 bits per heavy atom. The van der Waals surface area contributed by atoms with Crippen LogP contribution in [0.1, 0.15) is 25.5 Å². The molecule has 0 amide bonds. The molecule has 0 bridgehead atoms. The molecule has 0 spiro atoms. The summed E-state index contributed by atoms with van der Waals surface area (Å²) in [7, 11) is 0. The van der Waals surface area contributed by atoms with Gasteiger partial charge in [0.2, 0.25) is 5.43 Å². The lowest BCUT2D eigenvalue weighted by Crippen LogP contribution is -2.39. The maximum absolute atomic E-state index is 10.9. The molecule has 66 valence electrons. The molecule has 0 fully saturated rings. The van der Waals surface area contributed by atoms with E-state index in [1.54, 1.807) is 0 Å². The lowest BCUT2D eigenvalue weighted by molar-refractivity contribution is 0.423. The minimum atomic E-state index is -0.818. The molecule has 1 aromatic carbocycles. The molecule has 0 heterocycles. The van der Waals surface area contributed by atoms with Crippen LogP contribution in [-0.4, -0.2) is 5.11 Å². The second-order valence-electron chi connectivity index (χ2n) is 3.19. The summed E-state index contributed by atoms with van der Waals surface area (Å²) in [5.41, 5.74) is 4.19. The van der Waals surface area contributed by atoms with Gasteiger partial charge >= 0.3 is 0 Å². The molecular weight excluding hydrogens is 158 g/mol. The van der Waals surface area contributed by atoms with Crippen LogP contribution >= 0.6 is 0 Å².